The van der Waals surface area contributed by atoms with Gasteiger partial charge < -0.3 is 9.84 Å². The molecule has 0 bridgehead atoms. The number of non-ortho nitro benzene ring substituents is 1. The molecule has 0 aliphatic heterocycles. The lowest BCUT2D eigenvalue weighted by molar-refractivity contribution is -0.385. The quantitative estimate of drug-likeness (QED) is 0.484. The number of methoxy groups -OCH3 is 1. The van der Waals surface area contributed by atoms with E-state index in [0.29, 0.717) is 12.1 Å². The summed E-state index contributed by atoms with van der Waals surface area (Å²) in [5.41, 5.74) is 1.18. The van der Waals surface area contributed by atoms with Gasteiger partial charge in [-0.05, 0) is 17.2 Å². The Labute approximate surface area is 160 Å². The predicted molar refractivity (Wildman–Crippen MR) is 99.1 cm³/mol. The SMILES string of the molecule is COc1ccc(CN(CCC(=O)O)Cc2ccc([N+](=O)[O-])cc2)cc1[N+](=O)[O-]. The summed E-state index contributed by atoms with van der Waals surface area (Å²) in [6.45, 7) is 0.826. The monoisotopic (exact) mass is 389 g/mol. The maximum absolute atomic E-state index is 11.2. The minimum atomic E-state index is -0.964. The Morgan fingerprint density at radius 2 is 1.64 bits per heavy atom. The maximum atomic E-state index is 11.2. The van der Waals surface area contributed by atoms with Crippen molar-refractivity contribution in [1.82, 2.24) is 4.90 Å². The van der Waals surface area contributed by atoms with Crippen LogP contribution in [0.5, 0.6) is 5.75 Å². The normalized spacial score (nSPS) is 10.6. The molecular weight excluding hydrogens is 370 g/mol. The molecule has 0 radical (unpaired) electrons. The topological polar surface area (TPSA) is 136 Å². The maximum Gasteiger partial charge on any atom is 0.311 e. The van der Waals surface area contributed by atoms with Crippen LogP contribution < -0.4 is 4.74 Å². The molecule has 0 unspecified atom stereocenters. The van der Waals surface area contributed by atoms with Crippen LogP contribution in [0.1, 0.15) is 17.5 Å². The molecule has 0 atom stereocenters. The van der Waals surface area contributed by atoms with Crippen molar-refractivity contribution < 1.29 is 24.5 Å². The van der Waals surface area contributed by atoms with Gasteiger partial charge in [0.25, 0.3) is 5.69 Å². The van der Waals surface area contributed by atoms with E-state index >= 15 is 0 Å². The molecule has 0 aliphatic rings. The van der Waals surface area contributed by atoms with Crippen molar-refractivity contribution in [2.24, 2.45) is 0 Å². The predicted octanol–water partition coefficient (Wildman–Crippen LogP) is 2.99. The summed E-state index contributed by atoms with van der Waals surface area (Å²) in [6.07, 6.45) is -0.106. The average molecular weight is 389 g/mol. The number of rotatable bonds is 10. The standard InChI is InChI=1S/C18H19N3O7/c1-28-17-7-4-14(10-16(17)21(26)27)12-19(9-8-18(22)23)11-13-2-5-15(6-3-13)20(24)25/h2-7,10H,8-9,11-12H2,1H3,(H,22,23). The van der Waals surface area contributed by atoms with Crippen molar-refractivity contribution in [2.45, 2.75) is 19.5 Å². The highest BCUT2D eigenvalue weighted by Gasteiger charge is 2.17. The van der Waals surface area contributed by atoms with Gasteiger partial charge in [-0.25, -0.2) is 0 Å². The second-order valence-corrected chi connectivity index (χ2v) is 6.04. The van der Waals surface area contributed by atoms with Gasteiger partial charge in [-0.1, -0.05) is 18.2 Å². The second-order valence-electron chi connectivity index (χ2n) is 6.04. The number of ether oxygens (including phenoxy) is 1. The lowest BCUT2D eigenvalue weighted by Crippen LogP contribution is -2.25. The molecule has 2 aromatic rings. The summed E-state index contributed by atoms with van der Waals surface area (Å²) in [4.78, 5) is 33.7. The summed E-state index contributed by atoms with van der Waals surface area (Å²) in [7, 11) is 1.34. The number of nitro benzene ring substituents is 2. The summed E-state index contributed by atoms with van der Waals surface area (Å²) in [5.74, 6) is -0.824. The molecule has 0 saturated heterocycles. The summed E-state index contributed by atoms with van der Waals surface area (Å²) >= 11 is 0. The molecule has 148 valence electrons. The Balaban J connectivity index is 2.20. The number of carboxylic acids is 1. The smallest absolute Gasteiger partial charge is 0.311 e. The summed E-state index contributed by atoms with van der Waals surface area (Å²) in [5, 5.41) is 30.9. The lowest BCUT2D eigenvalue weighted by Gasteiger charge is -2.22. The van der Waals surface area contributed by atoms with Crippen molar-refractivity contribution in [1.29, 1.82) is 0 Å². The number of benzene rings is 2. The molecule has 28 heavy (non-hydrogen) atoms. The molecule has 0 amide bonds. The van der Waals surface area contributed by atoms with Crippen LogP contribution >= 0.6 is 0 Å². The molecule has 1 N–H and O–H groups in total. The van der Waals surface area contributed by atoms with Gasteiger partial charge in [0, 0.05) is 37.8 Å². The van der Waals surface area contributed by atoms with Crippen molar-refractivity contribution in [3.63, 3.8) is 0 Å². The van der Waals surface area contributed by atoms with E-state index in [1.165, 1.54) is 31.4 Å². The number of aliphatic carboxylic acids is 1. The Morgan fingerprint density at radius 1 is 1.04 bits per heavy atom. The van der Waals surface area contributed by atoms with Gasteiger partial charge in [0.2, 0.25) is 0 Å². The first-order valence-corrected chi connectivity index (χ1v) is 8.29. The van der Waals surface area contributed by atoms with Crippen LogP contribution in [0.2, 0.25) is 0 Å². The van der Waals surface area contributed by atoms with E-state index in [-0.39, 0.29) is 36.6 Å². The number of hydrogen-bond donors (Lipinski definition) is 1. The molecule has 0 heterocycles. The van der Waals surface area contributed by atoms with Crippen LogP contribution in [0.4, 0.5) is 11.4 Å². The average Bonchev–Trinajstić information content (AvgIpc) is 2.66. The Morgan fingerprint density at radius 3 is 2.18 bits per heavy atom. The van der Waals surface area contributed by atoms with Crippen LogP contribution in [0, 0.1) is 20.2 Å². The number of carbonyl (C=O) groups is 1. The molecule has 10 heteroatoms. The van der Waals surface area contributed by atoms with Gasteiger partial charge in [0.15, 0.2) is 5.75 Å². The second kappa shape index (κ2) is 9.42. The first-order valence-electron chi connectivity index (χ1n) is 8.29. The molecular formula is C18H19N3O7. The van der Waals surface area contributed by atoms with Crippen LogP contribution in [-0.2, 0) is 17.9 Å². The first kappa shape index (κ1) is 20.8. The number of nitro groups is 2. The molecule has 0 aliphatic carbocycles. The zero-order valence-corrected chi connectivity index (χ0v) is 15.1. The van der Waals surface area contributed by atoms with E-state index in [0.717, 1.165) is 5.56 Å². The first-order chi connectivity index (χ1) is 13.3. The third-order valence-electron chi connectivity index (χ3n) is 4.04. The van der Waals surface area contributed by atoms with E-state index < -0.39 is 15.8 Å². The Kier molecular flexibility index (Phi) is 6.99. The van der Waals surface area contributed by atoms with Crippen LogP contribution in [0.25, 0.3) is 0 Å². The fourth-order valence-corrected chi connectivity index (χ4v) is 2.68. The van der Waals surface area contributed by atoms with Crippen LogP contribution in [0.15, 0.2) is 42.5 Å². The molecule has 10 nitrogen and oxygen atoms in total. The van der Waals surface area contributed by atoms with Gasteiger partial charge in [-0.2, -0.15) is 0 Å². The Hall–Kier alpha value is -3.53. The van der Waals surface area contributed by atoms with Gasteiger partial charge in [0.1, 0.15) is 0 Å². The van der Waals surface area contributed by atoms with Gasteiger partial charge in [0.05, 0.1) is 23.4 Å². The van der Waals surface area contributed by atoms with Gasteiger partial charge >= 0.3 is 11.7 Å². The van der Waals surface area contributed by atoms with Crippen molar-refractivity contribution >= 4 is 17.3 Å². The zero-order valence-electron chi connectivity index (χ0n) is 15.1. The number of hydrogen-bond acceptors (Lipinski definition) is 7. The van der Waals surface area contributed by atoms with E-state index in [1.807, 2.05) is 0 Å². The van der Waals surface area contributed by atoms with Gasteiger partial charge in [-0.3, -0.25) is 29.9 Å². The molecule has 0 saturated carbocycles. The Bertz CT molecular complexity index is 868. The number of nitrogens with zero attached hydrogens (tertiary/aromatic N) is 3. The molecule has 0 spiro atoms. The van der Waals surface area contributed by atoms with Crippen LogP contribution in [-0.4, -0.2) is 39.5 Å². The summed E-state index contributed by atoms with van der Waals surface area (Å²) in [6, 6.07) is 10.5. The van der Waals surface area contributed by atoms with Gasteiger partial charge in [-0.15, -0.1) is 0 Å². The van der Waals surface area contributed by atoms with Crippen molar-refractivity contribution in [2.75, 3.05) is 13.7 Å². The number of carboxylic acid groups (broad SMARTS) is 1. The highest BCUT2D eigenvalue weighted by Crippen LogP contribution is 2.28. The van der Waals surface area contributed by atoms with Crippen molar-refractivity contribution in [3.8, 4) is 5.75 Å². The molecule has 2 rings (SSSR count). The minimum Gasteiger partial charge on any atom is -0.490 e. The third kappa shape index (κ3) is 5.74. The molecule has 2 aromatic carbocycles. The van der Waals surface area contributed by atoms with Crippen LogP contribution in [0.3, 0.4) is 0 Å². The lowest BCUT2D eigenvalue weighted by atomic mass is 10.1. The van der Waals surface area contributed by atoms with E-state index in [1.54, 1.807) is 23.1 Å². The largest absolute Gasteiger partial charge is 0.490 e. The summed E-state index contributed by atoms with van der Waals surface area (Å²) < 4.78 is 4.98. The highest BCUT2D eigenvalue weighted by molar-refractivity contribution is 5.66. The zero-order chi connectivity index (χ0) is 20.7. The molecule has 0 aromatic heterocycles. The highest BCUT2D eigenvalue weighted by atomic mass is 16.6. The molecule has 0 fully saturated rings. The fourth-order valence-electron chi connectivity index (χ4n) is 2.68. The minimum absolute atomic E-state index is 0.0355. The van der Waals surface area contributed by atoms with Crippen molar-refractivity contribution in [3.05, 3.63) is 73.8 Å². The van der Waals surface area contributed by atoms with E-state index in [2.05, 4.69) is 0 Å². The van der Waals surface area contributed by atoms with E-state index in [4.69, 9.17) is 9.84 Å². The van der Waals surface area contributed by atoms with E-state index in [9.17, 15) is 25.0 Å². The third-order valence-corrected chi connectivity index (χ3v) is 4.04. The fraction of sp³-hybridized carbons (Fsp3) is 0.278.